The summed E-state index contributed by atoms with van der Waals surface area (Å²) in [6.07, 6.45) is 2.86. The maximum absolute atomic E-state index is 12.3. The standard InChI is InChI=1S/C17H28N2O/c1-5-12-17(4,6-2)16(20)18-13-14(3)19-15-10-8-7-9-11-15/h7-11,14,19H,5-6,12-13H2,1-4H3,(H,18,20)/t14-,17+/m1/s1. The fourth-order valence-electron chi connectivity index (χ4n) is 2.33. The van der Waals surface area contributed by atoms with Gasteiger partial charge in [-0.25, -0.2) is 0 Å². The number of nitrogens with one attached hydrogen (secondary N) is 2. The minimum atomic E-state index is -0.235. The Hall–Kier alpha value is -1.51. The predicted molar refractivity (Wildman–Crippen MR) is 85.8 cm³/mol. The van der Waals surface area contributed by atoms with E-state index in [1.165, 1.54) is 0 Å². The van der Waals surface area contributed by atoms with Crippen molar-refractivity contribution in [2.75, 3.05) is 11.9 Å². The summed E-state index contributed by atoms with van der Waals surface area (Å²) in [6.45, 7) is 8.99. The number of amides is 1. The minimum absolute atomic E-state index is 0.170. The number of hydrogen-bond acceptors (Lipinski definition) is 2. The van der Waals surface area contributed by atoms with Crippen molar-refractivity contribution in [2.24, 2.45) is 5.41 Å². The number of benzene rings is 1. The normalized spacial score (nSPS) is 15.2. The number of carbonyl (C=O) groups is 1. The molecule has 112 valence electrons. The highest BCUT2D eigenvalue weighted by atomic mass is 16.2. The molecule has 1 aromatic carbocycles. The van der Waals surface area contributed by atoms with Gasteiger partial charge in [-0.3, -0.25) is 4.79 Å². The van der Waals surface area contributed by atoms with Crippen LogP contribution in [-0.2, 0) is 4.79 Å². The molecule has 0 saturated heterocycles. The molecule has 20 heavy (non-hydrogen) atoms. The van der Waals surface area contributed by atoms with E-state index in [0.717, 1.165) is 24.9 Å². The van der Waals surface area contributed by atoms with Gasteiger partial charge in [0.15, 0.2) is 0 Å². The first-order valence-corrected chi connectivity index (χ1v) is 7.61. The molecule has 2 N–H and O–H groups in total. The third kappa shape index (κ3) is 4.87. The van der Waals surface area contributed by atoms with E-state index in [1.54, 1.807) is 0 Å². The lowest BCUT2D eigenvalue weighted by Crippen LogP contribution is -2.42. The van der Waals surface area contributed by atoms with Gasteiger partial charge in [0.2, 0.25) is 5.91 Å². The summed E-state index contributed by atoms with van der Waals surface area (Å²) in [5, 5.41) is 6.46. The molecule has 1 aromatic rings. The summed E-state index contributed by atoms with van der Waals surface area (Å²) in [6, 6.07) is 10.3. The number of carbonyl (C=O) groups excluding carboxylic acids is 1. The molecule has 0 fully saturated rings. The van der Waals surface area contributed by atoms with Crippen LogP contribution < -0.4 is 10.6 Å². The lowest BCUT2D eigenvalue weighted by Gasteiger charge is -2.27. The Bertz CT molecular complexity index is 405. The van der Waals surface area contributed by atoms with Gasteiger partial charge < -0.3 is 10.6 Å². The van der Waals surface area contributed by atoms with Crippen LogP contribution in [0, 0.1) is 5.41 Å². The molecule has 0 aliphatic rings. The minimum Gasteiger partial charge on any atom is -0.381 e. The van der Waals surface area contributed by atoms with E-state index >= 15 is 0 Å². The van der Waals surface area contributed by atoms with Gasteiger partial charge in [0.05, 0.1) is 0 Å². The zero-order valence-corrected chi connectivity index (χ0v) is 13.2. The fraction of sp³-hybridized carbons (Fsp3) is 0.588. The largest absolute Gasteiger partial charge is 0.381 e. The molecule has 0 radical (unpaired) electrons. The van der Waals surface area contributed by atoms with Crippen LogP contribution in [0.1, 0.15) is 47.0 Å². The van der Waals surface area contributed by atoms with Gasteiger partial charge >= 0.3 is 0 Å². The van der Waals surface area contributed by atoms with Gasteiger partial charge in [-0.15, -0.1) is 0 Å². The lowest BCUT2D eigenvalue weighted by atomic mass is 9.82. The second-order valence-corrected chi connectivity index (χ2v) is 5.79. The lowest BCUT2D eigenvalue weighted by molar-refractivity contribution is -0.130. The van der Waals surface area contributed by atoms with Crippen molar-refractivity contribution in [1.82, 2.24) is 5.32 Å². The van der Waals surface area contributed by atoms with Gasteiger partial charge in [-0.05, 0) is 31.9 Å². The number of para-hydroxylation sites is 1. The summed E-state index contributed by atoms with van der Waals surface area (Å²) in [4.78, 5) is 12.3. The highest BCUT2D eigenvalue weighted by Gasteiger charge is 2.29. The van der Waals surface area contributed by atoms with E-state index in [2.05, 4.69) is 38.3 Å². The predicted octanol–water partition coefficient (Wildman–Crippen LogP) is 3.82. The summed E-state index contributed by atoms with van der Waals surface area (Å²) in [7, 11) is 0. The summed E-state index contributed by atoms with van der Waals surface area (Å²) in [5.41, 5.74) is 0.849. The molecular formula is C17H28N2O. The smallest absolute Gasteiger partial charge is 0.225 e. The third-order valence-electron chi connectivity index (χ3n) is 3.89. The van der Waals surface area contributed by atoms with Crippen LogP contribution in [-0.4, -0.2) is 18.5 Å². The molecule has 0 aliphatic carbocycles. The SMILES string of the molecule is CCC[C@](C)(CC)C(=O)NC[C@@H](C)Nc1ccccc1. The van der Waals surface area contributed by atoms with Crippen LogP contribution >= 0.6 is 0 Å². The summed E-state index contributed by atoms with van der Waals surface area (Å²) < 4.78 is 0. The Morgan fingerprint density at radius 2 is 1.90 bits per heavy atom. The summed E-state index contributed by atoms with van der Waals surface area (Å²) in [5.74, 6) is 0.170. The Labute approximate surface area is 123 Å². The first kappa shape index (κ1) is 16.5. The van der Waals surface area contributed by atoms with Gasteiger partial charge in [0, 0.05) is 23.7 Å². The van der Waals surface area contributed by atoms with E-state index in [9.17, 15) is 4.79 Å². The molecule has 0 saturated carbocycles. The fourth-order valence-corrected chi connectivity index (χ4v) is 2.33. The maximum atomic E-state index is 12.3. The average molecular weight is 276 g/mol. The molecule has 1 rings (SSSR count). The van der Waals surface area contributed by atoms with Crippen molar-refractivity contribution in [3.63, 3.8) is 0 Å². The van der Waals surface area contributed by atoms with Crippen LogP contribution in [0.25, 0.3) is 0 Å². The van der Waals surface area contributed by atoms with Crippen molar-refractivity contribution in [3.05, 3.63) is 30.3 Å². The van der Waals surface area contributed by atoms with E-state index in [1.807, 2.05) is 30.3 Å². The molecule has 1 amide bonds. The van der Waals surface area contributed by atoms with E-state index < -0.39 is 0 Å². The maximum Gasteiger partial charge on any atom is 0.225 e. The second kappa shape index (κ2) is 7.93. The van der Waals surface area contributed by atoms with E-state index in [4.69, 9.17) is 0 Å². The molecule has 0 spiro atoms. The van der Waals surface area contributed by atoms with Crippen LogP contribution in [0.5, 0.6) is 0 Å². The van der Waals surface area contributed by atoms with Crippen molar-refractivity contribution in [2.45, 2.75) is 53.0 Å². The molecular weight excluding hydrogens is 248 g/mol. The Morgan fingerprint density at radius 3 is 2.45 bits per heavy atom. The average Bonchev–Trinajstić information content (AvgIpc) is 2.46. The number of anilines is 1. The Kier molecular flexibility index (Phi) is 6.56. The van der Waals surface area contributed by atoms with Gasteiger partial charge in [0.25, 0.3) is 0 Å². The number of hydrogen-bond donors (Lipinski definition) is 2. The first-order valence-electron chi connectivity index (χ1n) is 7.61. The van der Waals surface area contributed by atoms with Crippen molar-refractivity contribution < 1.29 is 4.79 Å². The quantitative estimate of drug-likeness (QED) is 0.758. The van der Waals surface area contributed by atoms with Crippen molar-refractivity contribution in [1.29, 1.82) is 0 Å². The molecule has 2 atom stereocenters. The van der Waals surface area contributed by atoms with E-state index in [0.29, 0.717) is 6.54 Å². The Balaban J connectivity index is 2.44. The van der Waals surface area contributed by atoms with E-state index in [-0.39, 0.29) is 17.4 Å². The van der Waals surface area contributed by atoms with Crippen LogP contribution in [0.2, 0.25) is 0 Å². The topological polar surface area (TPSA) is 41.1 Å². The first-order chi connectivity index (χ1) is 9.51. The highest BCUT2D eigenvalue weighted by Crippen LogP contribution is 2.27. The molecule has 0 heterocycles. The molecule has 0 aromatic heterocycles. The third-order valence-corrected chi connectivity index (χ3v) is 3.89. The zero-order chi connectivity index (χ0) is 15.0. The number of rotatable bonds is 8. The molecule has 3 heteroatoms. The molecule has 0 aliphatic heterocycles. The van der Waals surface area contributed by atoms with Crippen LogP contribution in [0.4, 0.5) is 5.69 Å². The molecule has 3 nitrogen and oxygen atoms in total. The van der Waals surface area contributed by atoms with Crippen LogP contribution in [0.3, 0.4) is 0 Å². The van der Waals surface area contributed by atoms with Crippen LogP contribution in [0.15, 0.2) is 30.3 Å². The van der Waals surface area contributed by atoms with Gasteiger partial charge in [-0.1, -0.05) is 45.4 Å². The molecule has 0 unspecified atom stereocenters. The van der Waals surface area contributed by atoms with Crippen molar-refractivity contribution in [3.8, 4) is 0 Å². The van der Waals surface area contributed by atoms with Gasteiger partial charge in [-0.2, -0.15) is 0 Å². The summed E-state index contributed by atoms with van der Waals surface area (Å²) >= 11 is 0. The Morgan fingerprint density at radius 1 is 1.25 bits per heavy atom. The zero-order valence-electron chi connectivity index (χ0n) is 13.2. The van der Waals surface area contributed by atoms with Gasteiger partial charge in [0.1, 0.15) is 0 Å². The van der Waals surface area contributed by atoms with Crippen molar-refractivity contribution >= 4 is 11.6 Å². The molecule has 0 bridgehead atoms. The second-order valence-electron chi connectivity index (χ2n) is 5.79. The highest BCUT2D eigenvalue weighted by molar-refractivity contribution is 5.82. The monoisotopic (exact) mass is 276 g/mol.